The third-order valence-corrected chi connectivity index (χ3v) is 3.22. The summed E-state index contributed by atoms with van der Waals surface area (Å²) in [4.78, 5) is 16.6. The molecule has 6 heteroatoms. The Morgan fingerprint density at radius 3 is 2.95 bits per heavy atom. The van der Waals surface area contributed by atoms with Gasteiger partial charge in [0.1, 0.15) is 0 Å². The molecule has 21 heavy (non-hydrogen) atoms. The minimum atomic E-state index is -0.323. The van der Waals surface area contributed by atoms with Crippen LogP contribution in [-0.2, 0) is 6.54 Å². The molecule has 3 aromatic rings. The summed E-state index contributed by atoms with van der Waals surface area (Å²) in [6, 6.07) is 9.31. The molecule has 0 aliphatic rings. The monoisotopic (exact) mass is 281 g/mol. The number of carbonyl (C=O) groups excluding carboxylic acids is 1. The molecule has 0 bridgehead atoms. The molecular formula is C15H15N5O. The minimum absolute atomic E-state index is 0.234. The van der Waals surface area contributed by atoms with E-state index in [1.807, 2.05) is 37.3 Å². The van der Waals surface area contributed by atoms with Gasteiger partial charge in [0, 0.05) is 24.3 Å². The summed E-state index contributed by atoms with van der Waals surface area (Å²) in [7, 11) is 0. The maximum atomic E-state index is 12.3. The van der Waals surface area contributed by atoms with Crippen molar-refractivity contribution in [2.24, 2.45) is 0 Å². The highest BCUT2D eigenvalue weighted by molar-refractivity contribution is 6.09. The molecule has 0 spiro atoms. The predicted octanol–water partition coefficient (Wildman–Crippen LogP) is 2.29. The van der Waals surface area contributed by atoms with E-state index in [1.165, 1.54) is 0 Å². The van der Waals surface area contributed by atoms with Gasteiger partial charge in [-0.2, -0.15) is 5.10 Å². The van der Waals surface area contributed by atoms with E-state index in [0.29, 0.717) is 17.9 Å². The van der Waals surface area contributed by atoms with Crippen LogP contribution in [0.4, 0.5) is 11.4 Å². The number of aromatic nitrogens is 3. The average molecular weight is 281 g/mol. The Balaban J connectivity index is 1.94. The zero-order valence-electron chi connectivity index (χ0n) is 11.6. The van der Waals surface area contributed by atoms with Crippen molar-refractivity contribution in [3.63, 3.8) is 0 Å². The summed E-state index contributed by atoms with van der Waals surface area (Å²) in [5, 5.41) is 7.89. The highest BCUT2D eigenvalue weighted by atomic mass is 16.2. The number of hydrogen-bond acceptors (Lipinski definition) is 4. The number of rotatable bonds is 3. The molecule has 0 fully saturated rings. The molecule has 0 unspecified atom stereocenters. The van der Waals surface area contributed by atoms with Crippen LogP contribution in [0, 0.1) is 0 Å². The van der Waals surface area contributed by atoms with E-state index in [-0.39, 0.29) is 11.6 Å². The van der Waals surface area contributed by atoms with Crippen LogP contribution in [0.5, 0.6) is 0 Å². The summed E-state index contributed by atoms with van der Waals surface area (Å²) in [5.41, 5.74) is 7.94. The van der Waals surface area contributed by atoms with Crippen molar-refractivity contribution >= 4 is 28.2 Å². The molecule has 2 aromatic heterocycles. The van der Waals surface area contributed by atoms with E-state index in [4.69, 9.17) is 5.73 Å². The fraction of sp³-hybridized carbons (Fsp3) is 0.133. The van der Waals surface area contributed by atoms with E-state index < -0.39 is 0 Å². The second-order valence-corrected chi connectivity index (χ2v) is 4.62. The number of anilines is 2. The molecule has 0 aliphatic carbocycles. The van der Waals surface area contributed by atoms with E-state index in [2.05, 4.69) is 15.4 Å². The van der Waals surface area contributed by atoms with Crippen LogP contribution in [0.25, 0.3) is 10.9 Å². The minimum Gasteiger partial charge on any atom is -0.396 e. The topological polar surface area (TPSA) is 85.8 Å². The van der Waals surface area contributed by atoms with Crippen molar-refractivity contribution in [3.05, 3.63) is 48.4 Å². The first-order chi connectivity index (χ1) is 10.2. The lowest BCUT2D eigenvalue weighted by atomic mass is 10.2. The highest BCUT2D eigenvalue weighted by Crippen LogP contribution is 2.22. The van der Waals surface area contributed by atoms with Gasteiger partial charge >= 0.3 is 0 Å². The number of nitrogens with two attached hydrogens (primary N) is 1. The first kappa shape index (κ1) is 13.1. The summed E-state index contributed by atoms with van der Waals surface area (Å²) < 4.78 is 1.63. The second-order valence-electron chi connectivity index (χ2n) is 4.62. The number of pyridine rings is 1. The van der Waals surface area contributed by atoms with Gasteiger partial charge in [0.2, 0.25) is 0 Å². The Labute approximate surface area is 121 Å². The van der Waals surface area contributed by atoms with E-state index in [0.717, 1.165) is 10.9 Å². The maximum absolute atomic E-state index is 12.3. The molecule has 3 N–H and O–H groups in total. The van der Waals surface area contributed by atoms with Gasteiger partial charge in [-0.15, -0.1) is 0 Å². The zero-order valence-corrected chi connectivity index (χ0v) is 11.6. The first-order valence-electron chi connectivity index (χ1n) is 6.67. The van der Waals surface area contributed by atoms with Crippen molar-refractivity contribution in [1.29, 1.82) is 0 Å². The third-order valence-electron chi connectivity index (χ3n) is 3.22. The molecule has 0 atom stereocenters. The Bertz CT molecular complexity index is 803. The number of nitrogens with one attached hydrogen (secondary N) is 1. The second kappa shape index (κ2) is 5.24. The molecule has 0 radical (unpaired) electrons. The average Bonchev–Trinajstić information content (AvgIpc) is 2.89. The fourth-order valence-electron chi connectivity index (χ4n) is 2.17. The van der Waals surface area contributed by atoms with Crippen LogP contribution < -0.4 is 11.1 Å². The van der Waals surface area contributed by atoms with Crippen molar-refractivity contribution in [1.82, 2.24) is 14.8 Å². The van der Waals surface area contributed by atoms with Crippen molar-refractivity contribution in [2.75, 3.05) is 11.1 Å². The highest BCUT2D eigenvalue weighted by Gasteiger charge is 2.15. The molecule has 2 heterocycles. The van der Waals surface area contributed by atoms with Crippen LogP contribution in [0.3, 0.4) is 0 Å². The number of hydrogen-bond donors (Lipinski definition) is 2. The molecule has 3 rings (SSSR count). The molecule has 0 saturated carbocycles. The van der Waals surface area contributed by atoms with Gasteiger partial charge in [-0.1, -0.05) is 6.07 Å². The summed E-state index contributed by atoms with van der Waals surface area (Å²) in [5.74, 6) is -0.323. The summed E-state index contributed by atoms with van der Waals surface area (Å²) in [6.07, 6.45) is 3.37. The Hall–Kier alpha value is -2.89. The normalized spacial score (nSPS) is 10.7. The van der Waals surface area contributed by atoms with E-state index in [9.17, 15) is 4.79 Å². The molecular weight excluding hydrogens is 266 g/mol. The zero-order chi connectivity index (χ0) is 14.8. The number of amides is 1. The van der Waals surface area contributed by atoms with Crippen LogP contribution in [0.15, 0.2) is 42.7 Å². The van der Waals surface area contributed by atoms with Gasteiger partial charge in [-0.25, -0.2) is 0 Å². The smallest absolute Gasteiger partial charge is 0.278 e. The number of carbonyl (C=O) groups is 1. The van der Waals surface area contributed by atoms with Crippen LogP contribution in [0.2, 0.25) is 0 Å². The van der Waals surface area contributed by atoms with Crippen molar-refractivity contribution in [3.8, 4) is 0 Å². The van der Waals surface area contributed by atoms with Gasteiger partial charge in [-0.3, -0.25) is 14.5 Å². The molecule has 106 valence electrons. The van der Waals surface area contributed by atoms with Gasteiger partial charge in [0.05, 0.1) is 16.9 Å². The maximum Gasteiger partial charge on any atom is 0.278 e. The van der Waals surface area contributed by atoms with Crippen LogP contribution in [-0.4, -0.2) is 20.7 Å². The fourth-order valence-corrected chi connectivity index (χ4v) is 2.17. The Morgan fingerprint density at radius 2 is 2.19 bits per heavy atom. The van der Waals surface area contributed by atoms with Crippen LogP contribution >= 0.6 is 0 Å². The molecule has 0 saturated heterocycles. The molecule has 0 aliphatic heterocycles. The van der Waals surface area contributed by atoms with E-state index in [1.54, 1.807) is 17.1 Å². The van der Waals surface area contributed by atoms with Gasteiger partial charge in [0.15, 0.2) is 5.69 Å². The largest absolute Gasteiger partial charge is 0.396 e. The summed E-state index contributed by atoms with van der Waals surface area (Å²) >= 11 is 0. The number of aryl methyl sites for hydroxylation is 1. The number of nitrogen functional groups attached to an aromatic ring is 1. The quantitative estimate of drug-likeness (QED) is 0.771. The van der Waals surface area contributed by atoms with E-state index >= 15 is 0 Å². The molecule has 1 amide bonds. The third kappa shape index (κ3) is 2.43. The van der Waals surface area contributed by atoms with Gasteiger partial charge in [-0.05, 0) is 31.2 Å². The van der Waals surface area contributed by atoms with Gasteiger partial charge < -0.3 is 11.1 Å². The first-order valence-corrected chi connectivity index (χ1v) is 6.67. The Kier molecular flexibility index (Phi) is 3.27. The van der Waals surface area contributed by atoms with Crippen molar-refractivity contribution < 1.29 is 4.79 Å². The molecule has 1 aromatic carbocycles. The standard InChI is InChI=1S/C15H15N5O/c1-2-20-9-11(16)14(19-20)15(21)18-13-7-3-6-12-10(13)5-4-8-17-12/h3-9H,2,16H2,1H3,(H,18,21). The lowest BCUT2D eigenvalue weighted by molar-refractivity contribution is 0.102. The Morgan fingerprint density at radius 1 is 1.33 bits per heavy atom. The number of fused-ring (bicyclic) bond motifs is 1. The molecule has 6 nitrogen and oxygen atoms in total. The SMILES string of the molecule is CCn1cc(N)c(C(=O)Nc2cccc3ncccc23)n1. The van der Waals surface area contributed by atoms with Crippen LogP contribution in [0.1, 0.15) is 17.4 Å². The predicted molar refractivity (Wildman–Crippen MR) is 82.0 cm³/mol. The lowest BCUT2D eigenvalue weighted by Gasteiger charge is -2.07. The number of benzene rings is 1. The summed E-state index contributed by atoms with van der Waals surface area (Å²) in [6.45, 7) is 2.60. The van der Waals surface area contributed by atoms with Crippen molar-refractivity contribution in [2.45, 2.75) is 13.5 Å². The lowest BCUT2D eigenvalue weighted by Crippen LogP contribution is -2.15. The van der Waals surface area contributed by atoms with Gasteiger partial charge in [0.25, 0.3) is 5.91 Å². The number of nitrogens with zero attached hydrogens (tertiary/aromatic N) is 3.